The number of ketones is 2. The van der Waals surface area contributed by atoms with Gasteiger partial charge in [0.1, 0.15) is 0 Å². The van der Waals surface area contributed by atoms with Crippen molar-refractivity contribution in [2.75, 3.05) is 13.1 Å². The first kappa shape index (κ1) is 18.0. The summed E-state index contributed by atoms with van der Waals surface area (Å²) in [6.45, 7) is 7.36. The fourth-order valence-corrected chi connectivity index (χ4v) is 4.36. The molecule has 0 bridgehead atoms. The van der Waals surface area contributed by atoms with Crippen LogP contribution in [0.2, 0.25) is 0 Å². The Bertz CT molecular complexity index is 1030. The summed E-state index contributed by atoms with van der Waals surface area (Å²) in [5.74, 6) is -0.639. The zero-order valence-corrected chi connectivity index (χ0v) is 14.8. The van der Waals surface area contributed by atoms with Gasteiger partial charge in [-0.15, -0.1) is 13.2 Å². The predicted octanol–water partition coefficient (Wildman–Crippen LogP) is 2.82. The van der Waals surface area contributed by atoms with E-state index < -0.39 is 10.0 Å². The summed E-state index contributed by atoms with van der Waals surface area (Å²) < 4.78 is 26.9. The molecule has 2 aromatic carbocycles. The van der Waals surface area contributed by atoms with E-state index in [-0.39, 0.29) is 46.2 Å². The molecule has 1 aliphatic carbocycles. The van der Waals surface area contributed by atoms with Gasteiger partial charge in [-0.05, 0) is 18.2 Å². The van der Waals surface area contributed by atoms with Gasteiger partial charge in [0.15, 0.2) is 11.6 Å². The lowest BCUT2D eigenvalue weighted by atomic mass is 9.84. The molecular formula is C20H17NO4S. The van der Waals surface area contributed by atoms with Crippen LogP contribution < -0.4 is 0 Å². The number of nitrogens with zero attached hydrogens (tertiary/aromatic N) is 1. The van der Waals surface area contributed by atoms with Crippen molar-refractivity contribution in [2.45, 2.75) is 4.90 Å². The zero-order valence-electron chi connectivity index (χ0n) is 14.0. The third kappa shape index (κ3) is 2.83. The second-order valence-corrected chi connectivity index (χ2v) is 7.75. The summed E-state index contributed by atoms with van der Waals surface area (Å²) >= 11 is 0. The van der Waals surface area contributed by atoms with Crippen LogP contribution in [-0.2, 0) is 10.0 Å². The lowest BCUT2D eigenvalue weighted by molar-refractivity contribution is 0.0979. The second kappa shape index (κ2) is 6.82. The van der Waals surface area contributed by atoms with E-state index in [0.717, 1.165) is 0 Å². The van der Waals surface area contributed by atoms with Crippen molar-refractivity contribution in [3.63, 3.8) is 0 Å². The maximum atomic E-state index is 12.9. The first-order chi connectivity index (χ1) is 12.4. The second-order valence-electron chi connectivity index (χ2n) is 5.81. The van der Waals surface area contributed by atoms with E-state index in [1.54, 1.807) is 24.3 Å². The van der Waals surface area contributed by atoms with E-state index in [2.05, 4.69) is 13.2 Å². The van der Waals surface area contributed by atoms with Crippen LogP contribution in [0.3, 0.4) is 0 Å². The topological polar surface area (TPSA) is 71.5 Å². The molecule has 0 atom stereocenters. The van der Waals surface area contributed by atoms with Gasteiger partial charge < -0.3 is 0 Å². The number of rotatable bonds is 6. The predicted molar refractivity (Wildman–Crippen MR) is 98.9 cm³/mol. The molecule has 6 heteroatoms. The molecule has 0 aliphatic heterocycles. The van der Waals surface area contributed by atoms with Crippen molar-refractivity contribution >= 4 is 21.6 Å². The summed E-state index contributed by atoms with van der Waals surface area (Å²) in [6, 6.07) is 10.6. The molecule has 0 saturated carbocycles. The summed E-state index contributed by atoms with van der Waals surface area (Å²) in [5.41, 5.74) is 0.938. The Kier molecular flexibility index (Phi) is 4.71. The highest BCUT2D eigenvalue weighted by Crippen LogP contribution is 2.29. The van der Waals surface area contributed by atoms with Crippen LogP contribution in [0.4, 0.5) is 0 Å². The molecule has 0 fully saturated rings. The zero-order chi connectivity index (χ0) is 18.9. The van der Waals surface area contributed by atoms with Gasteiger partial charge in [-0.1, -0.05) is 36.4 Å². The summed E-state index contributed by atoms with van der Waals surface area (Å²) in [6.07, 6.45) is 2.95. The van der Waals surface area contributed by atoms with E-state index in [9.17, 15) is 18.0 Å². The quantitative estimate of drug-likeness (QED) is 0.628. The van der Waals surface area contributed by atoms with Crippen LogP contribution in [0.5, 0.6) is 0 Å². The van der Waals surface area contributed by atoms with Crippen molar-refractivity contribution in [3.05, 3.63) is 90.0 Å². The van der Waals surface area contributed by atoms with Crippen LogP contribution in [0.25, 0.3) is 0 Å². The molecule has 0 unspecified atom stereocenters. The molecule has 0 spiro atoms. The van der Waals surface area contributed by atoms with Crippen molar-refractivity contribution in [1.29, 1.82) is 0 Å². The number of hydrogen-bond donors (Lipinski definition) is 0. The molecule has 0 aromatic heterocycles. The lowest BCUT2D eigenvalue weighted by Gasteiger charge is -2.21. The van der Waals surface area contributed by atoms with Gasteiger partial charge in [-0.2, -0.15) is 4.31 Å². The highest BCUT2D eigenvalue weighted by Gasteiger charge is 2.31. The Hall–Kier alpha value is -2.83. The van der Waals surface area contributed by atoms with Crippen LogP contribution >= 0.6 is 0 Å². The molecule has 0 heterocycles. The molecule has 0 radical (unpaired) electrons. The number of fused-ring (bicyclic) bond motifs is 2. The van der Waals surface area contributed by atoms with Crippen LogP contribution in [-0.4, -0.2) is 37.4 Å². The normalized spacial score (nSPS) is 13.3. The van der Waals surface area contributed by atoms with Crippen LogP contribution in [0.15, 0.2) is 72.7 Å². The van der Waals surface area contributed by atoms with Gasteiger partial charge in [0.25, 0.3) is 0 Å². The Morgan fingerprint density at radius 1 is 0.808 bits per heavy atom. The molecule has 0 amide bonds. The van der Waals surface area contributed by atoms with Crippen molar-refractivity contribution in [3.8, 4) is 0 Å². The average molecular weight is 367 g/mol. The molecule has 3 rings (SSSR count). The van der Waals surface area contributed by atoms with Gasteiger partial charge in [0.05, 0.1) is 4.90 Å². The minimum atomic E-state index is -3.85. The summed E-state index contributed by atoms with van der Waals surface area (Å²) in [4.78, 5) is 25.3. The standard InChI is InChI=1S/C20H17NO4S/c1-3-11-21(12-4-2)26(24,25)14-9-10-17-18(13-14)20(23)16-8-6-5-7-15(16)19(17)22/h3-10,13H,1-2,11-12H2. The van der Waals surface area contributed by atoms with Gasteiger partial charge in [0, 0.05) is 35.3 Å². The van der Waals surface area contributed by atoms with E-state index >= 15 is 0 Å². The number of benzene rings is 2. The Morgan fingerprint density at radius 2 is 1.31 bits per heavy atom. The maximum absolute atomic E-state index is 12.9. The van der Waals surface area contributed by atoms with E-state index in [1.165, 1.54) is 34.7 Å². The van der Waals surface area contributed by atoms with Gasteiger partial charge >= 0.3 is 0 Å². The van der Waals surface area contributed by atoms with Gasteiger partial charge in [-0.3, -0.25) is 9.59 Å². The highest BCUT2D eigenvalue weighted by atomic mass is 32.2. The largest absolute Gasteiger partial charge is 0.289 e. The van der Waals surface area contributed by atoms with Crippen molar-refractivity contribution in [2.24, 2.45) is 0 Å². The van der Waals surface area contributed by atoms with Crippen LogP contribution in [0, 0.1) is 0 Å². The van der Waals surface area contributed by atoms with Crippen LogP contribution in [0.1, 0.15) is 31.8 Å². The van der Waals surface area contributed by atoms with Gasteiger partial charge in [0.2, 0.25) is 10.0 Å². The summed E-state index contributed by atoms with van der Waals surface area (Å²) in [7, 11) is -3.85. The molecule has 1 aliphatic rings. The highest BCUT2D eigenvalue weighted by molar-refractivity contribution is 7.89. The first-order valence-electron chi connectivity index (χ1n) is 7.96. The number of sulfonamides is 1. The molecular weight excluding hydrogens is 350 g/mol. The molecule has 26 heavy (non-hydrogen) atoms. The van der Waals surface area contributed by atoms with Gasteiger partial charge in [-0.25, -0.2) is 8.42 Å². The monoisotopic (exact) mass is 367 g/mol. The van der Waals surface area contributed by atoms with Crippen molar-refractivity contribution in [1.82, 2.24) is 4.31 Å². The van der Waals surface area contributed by atoms with E-state index in [4.69, 9.17) is 0 Å². The molecule has 0 N–H and O–H groups in total. The van der Waals surface area contributed by atoms with E-state index in [1.807, 2.05) is 0 Å². The number of carbonyl (C=O) groups is 2. The van der Waals surface area contributed by atoms with Crippen molar-refractivity contribution < 1.29 is 18.0 Å². The summed E-state index contributed by atoms with van der Waals surface area (Å²) in [5, 5.41) is 0. The minimum Gasteiger partial charge on any atom is -0.289 e. The average Bonchev–Trinajstić information content (AvgIpc) is 2.65. The third-order valence-corrected chi connectivity index (χ3v) is 6.03. The Morgan fingerprint density at radius 3 is 1.85 bits per heavy atom. The number of carbonyl (C=O) groups excluding carboxylic acids is 2. The molecule has 2 aromatic rings. The first-order valence-corrected chi connectivity index (χ1v) is 9.40. The fraction of sp³-hybridized carbons (Fsp3) is 0.100. The lowest BCUT2D eigenvalue weighted by Crippen LogP contribution is -2.32. The smallest absolute Gasteiger partial charge is 0.243 e. The fourth-order valence-electron chi connectivity index (χ4n) is 2.95. The number of hydrogen-bond acceptors (Lipinski definition) is 4. The van der Waals surface area contributed by atoms with E-state index in [0.29, 0.717) is 5.56 Å². The molecule has 0 saturated heterocycles. The molecule has 132 valence electrons. The Balaban J connectivity index is 2.12. The molecule has 5 nitrogen and oxygen atoms in total. The Labute approximate surface area is 152 Å². The SMILES string of the molecule is C=CCN(CC=C)S(=O)(=O)c1ccc2c(c1)C(=O)c1ccccc1C2=O. The third-order valence-electron chi connectivity index (χ3n) is 4.20. The maximum Gasteiger partial charge on any atom is 0.243 e. The minimum absolute atomic E-state index is 0.0412.